The maximum absolute atomic E-state index is 12.6. The van der Waals surface area contributed by atoms with Crippen LogP contribution in [0.1, 0.15) is 49.5 Å². The Morgan fingerprint density at radius 3 is 2.43 bits per heavy atom. The minimum absolute atomic E-state index is 0.130. The molecule has 0 aromatic heterocycles. The molecule has 0 bridgehead atoms. The first-order valence-electron chi connectivity index (χ1n) is 8.22. The first-order valence-corrected chi connectivity index (χ1v) is 9.66. The summed E-state index contributed by atoms with van der Waals surface area (Å²) in [6.45, 7) is 8.26. The van der Waals surface area contributed by atoms with Crippen LogP contribution in [0.3, 0.4) is 0 Å². The van der Waals surface area contributed by atoms with Crippen molar-refractivity contribution in [2.45, 2.75) is 51.5 Å². The average Bonchev–Trinajstić information content (AvgIpc) is 3.32. The SMILES string of the molecule is CCN(CC)S(=O)(=O)c1ccc(C)c(C(=O)N[C@@H](C)C2CC2)c1. The molecule has 0 spiro atoms. The smallest absolute Gasteiger partial charge is 0.251 e. The summed E-state index contributed by atoms with van der Waals surface area (Å²) in [6.07, 6.45) is 2.30. The van der Waals surface area contributed by atoms with E-state index in [-0.39, 0.29) is 16.8 Å². The van der Waals surface area contributed by atoms with E-state index in [1.54, 1.807) is 26.0 Å². The van der Waals surface area contributed by atoms with Gasteiger partial charge in [0.15, 0.2) is 0 Å². The average molecular weight is 338 g/mol. The van der Waals surface area contributed by atoms with Gasteiger partial charge in [-0.3, -0.25) is 4.79 Å². The Balaban J connectivity index is 2.29. The Hall–Kier alpha value is -1.40. The summed E-state index contributed by atoms with van der Waals surface area (Å²) in [4.78, 5) is 12.7. The molecule has 1 N–H and O–H groups in total. The van der Waals surface area contributed by atoms with Gasteiger partial charge in [0.1, 0.15) is 0 Å². The zero-order valence-electron chi connectivity index (χ0n) is 14.3. The maximum Gasteiger partial charge on any atom is 0.251 e. The number of rotatable bonds is 7. The number of amides is 1. The van der Waals surface area contributed by atoms with Crippen LogP contribution in [-0.2, 0) is 10.0 Å². The third-order valence-corrected chi connectivity index (χ3v) is 6.53. The molecule has 0 radical (unpaired) electrons. The molecule has 1 fully saturated rings. The van der Waals surface area contributed by atoms with Crippen molar-refractivity contribution in [3.05, 3.63) is 29.3 Å². The van der Waals surface area contributed by atoms with Crippen LogP contribution in [0.4, 0.5) is 0 Å². The third-order valence-electron chi connectivity index (χ3n) is 4.48. The number of nitrogens with one attached hydrogen (secondary N) is 1. The molecule has 0 saturated heterocycles. The van der Waals surface area contributed by atoms with Crippen LogP contribution >= 0.6 is 0 Å². The predicted molar refractivity (Wildman–Crippen MR) is 90.9 cm³/mol. The standard InChI is InChI=1S/C17H26N2O3S/c1-5-19(6-2)23(21,22)15-10-7-12(3)16(11-15)17(20)18-13(4)14-8-9-14/h7,10-11,13-14H,5-6,8-9H2,1-4H3,(H,18,20)/t13-/m0/s1. The van der Waals surface area contributed by atoms with Gasteiger partial charge in [-0.25, -0.2) is 8.42 Å². The van der Waals surface area contributed by atoms with Crippen molar-refractivity contribution in [2.24, 2.45) is 5.92 Å². The van der Waals surface area contributed by atoms with E-state index in [9.17, 15) is 13.2 Å². The molecule has 1 atom stereocenters. The van der Waals surface area contributed by atoms with Crippen LogP contribution in [0.2, 0.25) is 0 Å². The van der Waals surface area contributed by atoms with Gasteiger partial charge in [-0.15, -0.1) is 0 Å². The van der Waals surface area contributed by atoms with E-state index in [4.69, 9.17) is 0 Å². The van der Waals surface area contributed by atoms with Gasteiger partial charge in [0.05, 0.1) is 4.90 Å². The first-order chi connectivity index (χ1) is 10.8. The lowest BCUT2D eigenvalue weighted by molar-refractivity contribution is 0.0935. The Morgan fingerprint density at radius 1 is 1.30 bits per heavy atom. The quantitative estimate of drug-likeness (QED) is 0.831. The highest BCUT2D eigenvalue weighted by Crippen LogP contribution is 2.32. The summed E-state index contributed by atoms with van der Waals surface area (Å²) in [5.41, 5.74) is 1.22. The molecule has 6 heteroatoms. The molecule has 5 nitrogen and oxygen atoms in total. The van der Waals surface area contributed by atoms with E-state index < -0.39 is 10.0 Å². The van der Waals surface area contributed by atoms with Gasteiger partial charge in [0, 0.05) is 24.7 Å². The van der Waals surface area contributed by atoms with Gasteiger partial charge in [-0.05, 0) is 50.3 Å². The van der Waals surface area contributed by atoms with E-state index in [2.05, 4.69) is 5.32 Å². The normalized spacial score (nSPS) is 16.4. The predicted octanol–water partition coefficient (Wildman–Crippen LogP) is 2.55. The summed E-state index contributed by atoms with van der Waals surface area (Å²) in [6, 6.07) is 4.90. The third kappa shape index (κ3) is 3.93. The van der Waals surface area contributed by atoms with Crippen molar-refractivity contribution in [1.29, 1.82) is 0 Å². The lowest BCUT2D eigenvalue weighted by Crippen LogP contribution is -2.35. The van der Waals surface area contributed by atoms with E-state index >= 15 is 0 Å². The lowest BCUT2D eigenvalue weighted by atomic mass is 10.1. The van der Waals surface area contributed by atoms with Gasteiger partial charge in [-0.1, -0.05) is 19.9 Å². The molecule has 1 aliphatic rings. The minimum atomic E-state index is -3.55. The molecule has 23 heavy (non-hydrogen) atoms. The first kappa shape index (κ1) is 17.9. The van der Waals surface area contributed by atoms with E-state index in [0.29, 0.717) is 24.6 Å². The van der Waals surface area contributed by atoms with Crippen molar-refractivity contribution in [3.63, 3.8) is 0 Å². The molecule has 1 saturated carbocycles. The van der Waals surface area contributed by atoms with Gasteiger partial charge in [0.2, 0.25) is 10.0 Å². The number of hydrogen-bond donors (Lipinski definition) is 1. The molecule has 0 unspecified atom stereocenters. The van der Waals surface area contributed by atoms with Crippen LogP contribution < -0.4 is 5.32 Å². The molecular formula is C17H26N2O3S. The van der Waals surface area contributed by atoms with Gasteiger partial charge in [0.25, 0.3) is 5.91 Å². The summed E-state index contributed by atoms with van der Waals surface area (Å²) < 4.78 is 26.6. The molecule has 0 aliphatic heterocycles. The highest BCUT2D eigenvalue weighted by Gasteiger charge is 2.30. The second kappa shape index (κ2) is 7.01. The van der Waals surface area contributed by atoms with Crippen molar-refractivity contribution in [2.75, 3.05) is 13.1 Å². The second-order valence-corrected chi connectivity index (χ2v) is 8.10. The zero-order chi connectivity index (χ0) is 17.2. The number of aryl methyl sites for hydroxylation is 1. The van der Waals surface area contributed by atoms with Crippen LogP contribution in [0.15, 0.2) is 23.1 Å². The van der Waals surface area contributed by atoms with Crippen molar-refractivity contribution < 1.29 is 13.2 Å². The fraction of sp³-hybridized carbons (Fsp3) is 0.588. The second-order valence-electron chi connectivity index (χ2n) is 6.17. The number of hydrogen-bond acceptors (Lipinski definition) is 3. The lowest BCUT2D eigenvalue weighted by Gasteiger charge is -2.20. The molecule has 2 rings (SSSR count). The molecule has 1 aliphatic carbocycles. The highest BCUT2D eigenvalue weighted by atomic mass is 32.2. The number of nitrogens with zero attached hydrogens (tertiary/aromatic N) is 1. The zero-order valence-corrected chi connectivity index (χ0v) is 15.1. The Kier molecular flexibility index (Phi) is 5.47. The summed E-state index contributed by atoms with van der Waals surface area (Å²) in [7, 11) is -3.55. The topological polar surface area (TPSA) is 66.5 Å². The fourth-order valence-corrected chi connectivity index (χ4v) is 4.20. The van der Waals surface area contributed by atoms with Crippen LogP contribution in [0.25, 0.3) is 0 Å². The van der Waals surface area contributed by atoms with Crippen LogP contribution in [0, 0.1) is 12.8 Å². The van der Waals surface area contributed by atoms with E-state index in [1.165, 1.54) is 10.4 Å². The Morgan fingerprint density at radius 2 is 1.91 bits per heavy atom. The number of carbonyl (C=O) groups excluding carboxylic acids is 1. The molecule has 1 aromatic carbocycles. The van der Waals surface area contributed by atoms with Crippen molar-refractivity contribution in [1.82, 2.24) is 9.62 Å². The number of carbonyl (C=O) groups is 1. The van der Waals surface area contributed by atoms with E-state index in [1.807, 2.05) is 13.8 Å². The maximum atomic E-state index is 12.6. The van der Waals surface area contributed by atoms with Gasteiger partial charge < -0.3 is 5.32 Å². The Bertz CT molecular complexity index is 677. The molecule has 1 aromatic rings. The van der Waals surface area contributed by atoms with Crippen LogP contribution in [0.5, 0.6) is 0 Å². The molecule has 128 valence electrons. The molecule has 1 amide bonds. The van der Waals surface area contributed by atoms with E-state index in [0.717, 1.165) is 18.4 Å². The summed E-state index contributed by atoms with van der Waals surface area (Å²) >= 11 is 0. The Labute approximate surface area is 139 Å². The summed E-state index contributed by atoms with van der Waals surface area (Å²) in [5.74, 6) is 0.361. The molecular weight excluding hydrogens is 312 g/mol. The largest absolute Gasteiger partial charge is 0.349 e. The monoisotopic (exact) mass is 338 g/mol. The highest BCUT2D eigenvalue weighted by molar-refractivity contribution is 7.89. The summed E-state index contributed by atoms with van der Waals surface area (Å²) in [5, 5.41) is 2.99. The number of benzene rings is 1. The van der Waals surface area contributed by atoms with Gasteiger partial charge >= 0.3 is 0 Å². The number of sulfonamides is 1. The minimum Gasteiger partial charge on any atom is -0.349 e. The van der Waals surface area contributed by atoms with Crippen LogP contribution in [-0.4, -0.2) is 37.8 Å². The van der Waals surface area contributed by atoms with Crippen molar-refractivity contribution in [3.8, 4) is 0 Å². The fourth-order valence-electron chi connectivity index (χ4n) is 2.72. The van der Waals surface area contributed by atoms with Crippen molar-refractivity contribution >= 4 is 15.9 Å². The van der Waals surface area contributed by atoms with Gasteiger partial charge in [-0.2, -0.15) is 4.31 Å². The molecule has 0 heterocycles.